The van der Waals surface area contributed by atoms with Gasteiger partial charge in [0.2, 0.25) is 0 Å². The summed E-state index contributed by atoms with van der Waals surface area (Å²) in [7, 11) is 0. The van der Waals surface area contributed by atoms with Crippen molar-refractivity contribution in [2.45, 2.75) is 36.2 Å². The number of hydrogen-bond donors (Lipinski definition) is 1. The van der Waals surface area contributed by atoms with Gasteiger partial charge in [-0.1, -0.05) is 70.3 Å². The number of benzene rings is 1. The number of carbonyl (C=O) groups is 1. The van der Waals surface area contributed by atoms with Crippen molar-refractivity contribution in [3.63, 3.8) is 0 Å². The largest absolute Gasteiger partial charge is 0.488 e. The second-order valence-electron chi connectivity index (χ2n) is 6.71. The second kappa shape index (κ2) is 12.1. The summed E-state index contributed by atoms with van der Waals surface area (Å²) in [5.41, 5.74) is 1.71. The number of hydrogen-bond acceptors (Lipinski definition) is 3. The van der Waals surface area contributed by atoms with Crippen LogP contribution in [0.5, 0.6) is 5.75 Å². The topological polar surface area (TPSA) is 55.8 Å². The van der Waals surface area contributed by atoms with E-state index in [9.17, 15) is 9.90 Å². The Labute approximate surface area is 210 Å². The summed E-state index contributed by atoms with van der Waals surface area (Å²) in [5, 5.41) is 9.64. The fourth-order valence-electron chi connectivity index (χ4n) is 2.69. The number of carboxylic acids is 1. The predicted molar refractivity (Wildman–Crippen MR) is 138 cm³/mol. The van der Waals surface area contributed by atoms with Gasteiger partial charge in [0.15, 0.2) is 6.10 Å². The Bertz CT molecular complexity index is 927. The van der Waals surface area contributed by atoms with E-state index in [0.29, 0.717) is 24.0 Å². The van der Waals surface area contributed by atoms with Gasteiger partial charge in [-0.3, -0.25) is 0 Å². The van der Waals surface area contributed by atoms with Crippen LogP contribution in [0.15, 0.2) is 51.7 Å². The summed E-state index contributed by atoms with van der Waals surface area (Å²) in [6.45, 7) is 4.40. The Morgan fingerprint density at radius 3 is 2.87 bits per heavy atom. The van der Waals surface area contributed by atoms with Gasteiger partial charge in [-0.2, -0.15) is 0 Å². The molecular formula is C23H23ClI2O4. The fourth-order valence-corrected chi connectivity index (χ4v) is 5.24. The molecule has 7 heteroatoms. The van der Waals surface area contributed by atoms with E-state index in [1.54, 1.807) is 25.1 Å². The molecule has 0 spiro atoms. The lowest BCUT2D eigenvalue weighted by atomic mass is 10.0. The minimum absolute atomic E-state index is 0.173. The zero-order valence-electron chi connectivity index (χ0n) is 16.8. The molecule has 0 aromatic heterocycles. The van der Waals surface area contributed by atoms with Crippen LogP contribution < -0.4 is 4.74 Å². The molecule has 1 aliphatic rings. The predicted octanol–water partition coefficient (Wildman–Crippen LogP) is 6.15. The molecule has 4 nitrogen and oxygen atoms in total. The average Bonchev–Trinajstić information content (AvgIpc) is 2.67. The van der Waals surface area contributed by atoms with Crippen molar-refractivity contribution in [1.29, 1.82) is 0 Å². The molecule has 0 aliphatic heterocycles. The number of carboxylic acid groups (broad SMARTS) is 1. The first-order chi connectivity index (χ1) is 14.2. The van der Waals surface area contributed by atoms with Crippen LogP contribution in [-0.4, -0.2) is 33.8 Å². The lowest BCUT2D eigenvalue weighted by Gasteiger charge is -2.19. The van der Waals surface area contributed by atoms with Crippen LogP contribution in [-0.2, 0) is 16.0 Å². The maximum atomic E-state index is 11.2. The van der Waals surface area contributed by atoms with Gasteiger partial charge < -0.3 is 14.6 Å². The molecule has 2 atom stereocenters. The van der Waals surface area contributed by atoms with E-state index in [0.717, 1.165) is 17.6 Å². The van der Waals surface area contributed by atoms with Gasteiger partial charge in [-0.25, -0.2) is 4.79 Å². The summed E-state index contributed by atoms with van der Waals surface area (Å²) in [6, 6.07) is 5.27. The van der Waals surface area contributed by atoms with E-state index in [4.69, 9.17) is 21.1 Å². The molecule has 0 saturated carbocycles. The van der Waals surface area contributed by atoms with Gasteiger partial charge in [0.05, 0.1) is 5.02 Å². The first kappa shape index (κ1) is 25.2. The van der Waals surface area contributed by atoms with E-state index in [-0.39, 0.29) is 9.84 Å². The van der Waals surface area contributed by atoms with Crippen molar-refractivity contribution >= 4 is 62.8 Å². The van der Waals surface area contributed by atoms with Gasteiger partial charge in [-0.15, -0.1) is 0 Å². The van der Waals surface area contributed by atoms with Crippen LogP contribution >= 0.6 is 56.8 Å². The van der Waals surface area contributed by atoms with Crippen LogP contribution in [0.1, 0.15) is 25.8 Å². The molecular weight excluding hydrogens is 630 g/mol. The van der Waals surface area contributed by atoms with Crippen molar-refractivity contribution in [2.24, 2.45) is 0 Å². The van der Waals surface area contributed by atoms with Crippen molar-refractivity contribution in [2.75, 3.05) is 13.2 Å². The maximum Gasteiger partial charge on any atom is 0.333 e. The standard InChI is InChI=1S/C23H23ClI2O4/c1-3-29-21(22(27)28)14-17-6-7-20(19(24)13-17)30-12-9-16(2)8-11-23(26)10-4-5-18(25)15-23/h4-7,9-10,13,21H,3,12,14-15H2,1-2H3,(H,27,28)/b16-9-/t21-,23?/m0/s1. The van der Waals surface area contributed by atoms with Crippen LogP contribution in [0, 0.1) is 11.8 Å². The lowest BCUT2D eigenvalue weighted by Crippen LogP contribution is -2.26. The molecule has 30 heavy (non-hydrogen) atoms. The van der Waals surface area contributed by atoms with Crippen molar-refractivity contribution < 1.29 is 19.4 Å². The monoisotopic (exact) mass is 652 g/mol. The zero-order chi connectivity index (χ0) is 22.1. The third kappa shape index (κ3) is 8.25. The first-order valence-electron chi connectivity index (χ1n) is 9.41. The Hall–Kier alpha value is -1.02. The Morgan fingerprint density at radius 2 is 2.23 bits per heavy atom. The Balaban J connectivity index is 1.95. The van der Waals surface area contributed by atoms with Crippen molar-refractivity contribution in [3.05, 3.63) is 62.2 Å². The molecule has 1 N–H and O–H groups in total. The Morgan fingerprint density at radius 1 is 1.47 bits per heavy atom. The van der Waals surface area contributed by atoms with E-state index in [2.05, 4.69) is 69.2 Å². The van der Waals surface area contributed by atoms with Crippen LogP contribution in [0.4, 0.5) is 0 Å². The summed E-state index contributed by atoms with van der Waals surface area (Å²) >= 11 is 11.0. The number of ether oxygens (including phenoxy) is 2. The van der Waals surface area contributed by atoms with E-state index >= 15 is 0 Å². The highest BCUT2D eigenvalue weighted by Crippen LogP contribution is 2.34. The molecule has 0 radical (unpaired) electrons. The zero-order valence-corrected chi connectivity index (χ0v) is 21.8. The lowest BCUT2D eigenvalue weighted by molar-refractivity contribution is -0.149. The van der Waals surface area contributed by atoms with Gasteiger partial charge in [0.1, 0.15) is 15.8 Å². The summed E-state index contributed by atoms with van der Waals surface area (Å²) in [4.78, 5) is 11.2. The summed E-state index contributed by atoms with van der Waals surface area (Å²) < 4.78 is 12.1. The third-order valence-corrected chi connectivity index (χ3v) is 6.27. The highest BCUT2D eigenvalue weighted by Gasteiger charge is 2.23. The molecule has 1 aromatic carbocycles. The van der Waals surface area contributed by atoms with Gasteiger partial charge in [0.25, 0.3) is 0 Å². The number of alkyl halides is 1. The number of halogens is 3. The van der Waals surface area contributed by atoms with Gasteiger partial charge >= 0.3 is 5.97 Å². The van der Waals surface area contributed by atoms with Crippen molar-refractivity contribution in [3.8, 4) is 17.6 Å². The van der Waals surface area contributed by atoms with Gasteiger partial charge in [-0.05, 0) is 69.4 Å². The molecule has 0 heterocycles. The third-order valence-electron chi connectivity index (χ3n) is 4.22. The molecule has 0 amide bonds. The second-order valence-corrected chi connectivity index (χ2v) is 10.4. The quantitative estimate of drug-likeness (QED) is 0.208. The molecule has 2 rings (SSSR count). The molecule has 1 aliphatic carbocycles. The molecule has 0 bridgehead atoms. The number of rotatable bonds is 8. The number of aliphatic carboxylic acids is 1. The normalized spacial score (nSPS) is 19.5. The molecule has 160 valence electrons. The highest BCUT2D eigenvalue weighted by molar-refractivity contribution is 14.1. The van der Waals surface area contributed by atoms with E-state index in [1.165, 1.54) is 3.58 Å². The summed E-state index contributed by atoms with van der Waals surface area (Å²) in [6.07, 6.45) is 8.46. The molecule has 1 unspecified atom stereocenters. The first-order valence-corrected chi connectivity index (χ1v) is 11.9. The van der Waals surface area contributed by atoms with Crippen LogP contribution in [0.2, 0.25) is 5.02 Å². The van der Waals surface area contributed by atoms with Crippen molar-refractivity contribution in [1.82, 2.24) is 0 Å². The molecule has 0 saturated heterocycles. The summed E-state index contributed by atoms with van der Waals surface area (Å²) in [5.74, 6) is 6.09. The smallest absolute Gasteiger partial charge is 0.333 e. The van der Waals surface area contributed by atoms with E-state index in [1.807, 2.05) is 19.1 Å². The average molecular weight is 653 g/mol. The van der Waals surface area contributed by atoms with Crippen LogP contribution in [0.25, 0.3) is 0 Å². The fraction of sp³-hybridized carbons (Fsp3) is 0.348. The SMILES string of the molecule is CCO[C@@H](Cc1ccc(OC/C=C(/C)C#CC2(I)C=CC=C(I)C2)c(Cl)c1)C(=O)O. The van der Waals surface area contributed by atoms with E-state index < -0.39 is 12.1 Å². The van der Waals surface area contributed by atoms with Gasteiger partial charge in [0, 0.05) is 19.4 Å². The minimum atomic E-state index is -0.988. The molecule has 1 aromatic rings. The highest BCUT2D eigenvalue weighted by atomic mass is 127. The Kier molecular flexibility index (Phi) is 10.2. The molecule has 0 fully saturated rings. The minimum Gasteiger partial charge on any atom is -0.488 e. The van der Waals surface area contributed by atoms with Crippen LogP contribution in [0.3, 0.4) is 0 Å². The number of allylic oxidation sites excluding steroid dienone is 5. The maximum absolute atomic E-state index is 11.2.